The molecule has 1 amide bonds. The van der Waals surface area contributed by atoms with E-state index in [0.29, 0.717) is 22.9 Å². The normalized spacial score (nSPS) is 10.2. The van der Waals surface area contributed by atoms with E-state index in [4.69, 9.17) is 4.74 Å². The molecule has 2 N–H and O–H groups in total. The Morgan fingerprint density at radius 1 is 1.17 bits per heavy atom. The standard InChI is InChI=1S/C17H17N5O2/c1-18-16(23)14-10-12(8-9-15(14)24-2)20-17-19-11-22(21-17)13-6-4-3-5-7-13/h3-11H,1-2H3,(H,18,23)(H,20,21). The van der Waals surface area contributed by atoms with E-state index in [2.05, 4.69) is 20.7 Å². The molecule has 1 aromatic heterocycles. The highest BCUT2D eigenvalue weighted by molar-refractivity contribution is 5.97. The van der Waals surface area contributed by atoms with E-state index in [1.807, 2.05) is 30.3 Å². The minimum Gasteiger partial charge on any atom is -0.496 e. The number of nitrogens with zero attached hydrogens (tertiary/aromatic N) is 3. The van der Waals surface area contributed by atoms with E-state index in [1.54, 1.807) is 36.3 Å². The molecule has 0 unspecified atom stereocenters. The SMILES string of the molecule is CNC(=O)c1cc(Nc2ncn(-c3ccccc3)n2)ccc1OC. The van der Waals surface area contributed by atoms with Crippen LogP contribution in [0.2, 0.25) is 0 Å². The number of amides is 1. The summed E-state index contributed by atoms with van der Waals surface area (Å²) >= 11 is 0. The zero-order chi connectivity index (χ0) is 16.9. The number of para-hydroxylation sites is 1. The number of carbonyl (C=O) groups is 1. The molecule has 0 aliphatic heterocycles. The Labute approximate surface area is 139 Å². The van der Waals surface area contributed by atoms with E-state index in [-0.39, 0.29) is 5.91 Å². The first-order chi connectivity index (χ1) is 11.7. The van der Waals surface area contributed by atoms with Crippen LogP contribution in [-0.4, -0.2) is 34.8 Å². The van der Waals surface area contributed by atoms with Gasteiger partial charge in [0.1, 0.15) is 12.1 Å². The lowest BCUT2D eigenvalue weighted by Gasteiger charge is -2.09. The second-order valence-electron chi connectivity index (χ2n) is 4.97. The van der Waals surface area contributed by atoms with Crippen molar-refractivity contribution in [1.29, 1.82) is 0 Å². The number of benzene rings is 2. The van der Waals surface area contributed by atoms with Crippen molar-refractivity contribution in [2.75, 3.05) is 19.5 Å². The molecule has 1 heterocycles. The van der Waals surface area contributed by atoms with Crippen LogP contribution in [0.5, 0.6) is 5.75 Å². The van der Waals surface area contributed by atoms with Crippen LogP contribution in [0.1, 0.15) is 10.4 Å². The van der Waals surface area contributed by atoms with Crippen LogP contribution in [0, 0.1) is 0 Å². The lowest BCUT2D eigenvalue weighted by atomic mass is 10.1. The summed E-state index contributed by atoms with van der Waals surface area (Å²) in [6.45, 7) is 0. The van der Waals surface area contributed by atoms with E-state index in [9.17, 15) is 4.79 Å². The highest BCUT2D eigenvalue weighted by atomic mass is 16.5. The molecule has 3 rings (SSSR count). The van der Waals surface area contributed by atoms with E-state index >= 15 is 0 Å². The summed E-state index contributed by atoms with van der Waals surface area (Å²) in [7, 11) is 3.10. The maximum Gasteiger partial charge on any atom is 0.254 e. The Morgan fingerprint density at radius 3 is 2.67 bits per heavy atom. The molecule has 0 atom stereocenters. The summed E-state index contributed by atoms with van der Waals surface area (Å²) in [5.74, 6) is 0.716. The average Bonchev–Trinajstić information content (AvgIpc) is 3.10. The number of methoxy groups -OCH3 is 1. The van der Waals surface area contributed by atoms with Gasteiger partial charge >= 0.3 is 0 Å². The van der Waals surface area contributed by atoms with Crippen LogP contribution in [-0.2, 0) is 0 Å². The van der Waals surface area contributed by atoms with Gasteiger partial charge in [0.15, 0.2) is 0 Å². The zero-order valence-corrected chi connectivity index (χ0v) is 13.4. The summed E-state index contributed by atoms with van der Waals surface area (Å²) in [5, 5.41) is 10.1. The Kier molecular flexibility index (Phi) is 4.42. The monoisotopic (exact) mass is 323 g/mol. The number of carbonyl (C=O) groups excluding carboxylic acids is 1. The van der Waals surface area contributed by atoms with Crippen LogP contribution < -0.4 is 15.4 Å². The Bertz CT molecular complexity index is 845. The van der Waals surface area contributed by atoms with Gasteiger partial charge in [-0.1, -0.05) is 18.2 Å². The summed E-state index contributed by atoms with van der Waals surface area (Å²) in [4.78, 5) is 16.2. The predicted molar refractivity (Wildman–Crippen MR) is 91.0 cm³/mol. The van der Waals surface area contributed by atoms with Gasteiger partial charge in [0.05, 0.1) is 18.4 Å². The number of anilines is 2. The van der Waals surface area contributed by atoms with Gasteiger partial charge in [-0.2, -0.15) is 4.98 Å². The van der Waals surface area contributed by atoms with Crippen molar-refractivity contribution in [3.63, 3.8) is 0 Å². The number of rotatable bonds is 5. The van der Waals surface area contributed by atoms with Crippen molar-refractivity contribution in [2.24, 2.45) is 0 Å². The van der Waals surface area contributed by atoms with Crippen molar-refractivity contribution >= 4 is 17.5 Å². The highest BCUT2D eigenvalue weighted by Crippen LogP contribution is 2.24. The van der Waals surface area contributed by atoms with Crippen molar-refractivity contribution < 1.29 is 9.53 Å². The van der Waals surface area contributed by atoms with Gasteiger partial charge in [-0.25, -0.2) is 4.68 Å². The number of ether oxygens (including phenoxy) is 1. The Balaban J connectivity index is 1.84. The molecule has 0 spiro atoms. The van der Waals surface area contributed by atoms with Gasteiger partial charge in [-0.15, -0.1) is 5.10 Å². The minimum absolute atomic E-state index is 0.224. The van der Waals surface area contributed by atoms with Gasteiger partial charge in [-0.3, -0.25) is 4.79 Å². The molecule has 7 nitrogen and oxygen atoms in total. The lowest BCUT2D eigenvalue weighted by Crippen LogP contribution is -2.18. The van der Waals surface area contributed by atoms with Gasteiger partial charge in [0.25, 0.3) is 5.91 Å². The van der Waals surface area contributed by atoms with Crippen molar-refractivity contribution in [3.8, 4) is 11.4 Å². The number of hydrogen-bond donors (Lipinski definition) is 2. The van der Waals surface area contributed by atoms with Gasteiger partial charge in [-0.05, 0) is 30.3 Å². The molecule has 0 saturated carbocycles. The fourth-order valence-electron chi connectivity index (χ4n) is 2.25. The smallest absolute Gasteiger partial charge is 0.254 e. The maximum absolute atomic E-state index is 11.9. The molecule has 7 heteroatoms. The molecule has 0 radical (unpaired) electrons. The Hall–Kier alpha value is -3.35. The van der Waals surface area contributed by atoms with Crippen LogP contribution in [0.15, 0.2) is 54.9 Å². The summed E-state index contributed by atoms with van der Waals surface area (Å²) in [5.41, 5.74) is 2.05. The molecule has 0 saturated heterocycles. The van der Waals surface area contributed by atoms with Crippen molar-refractivity contribution in [1.82, 2.24) is 20.1 Å². The Morgan fingerprint density at radius 2 is 1.96 bits per heavy atom. The van der Waals surface area contributed by atoms with Crippen LogP contribution in [0.4, 0.5) is 11.6 Å². The van der Waals surface area contributed by atoms with E-state index < -0.39 is 0 Å². The zero-order valence-electron chi connectivity index (χ0n) is 13.4. The van der Waals surface area contributed by atoms with Gasteiger partial charge in [0.2, 0.25) is 5.95 Å². The summed E-state index contributed by atoms with van der Waals surface area (Å²) in [6, 6.07) is 14.9. The third-order valence-corrected chi connectivity index (χ3v) is 3.44. The lowest BCUT2D eigenvalue weighted by molar-refractivity contribution is 0.0960. The molecule has 0 aliphatic rings. The molecule has 122 valence electrons. The van der Waals surface area contributed by atoms with Crippen LogP contribution >= 0.6 is 0 Å². The summed E-state index contributed by atoms with van der Waals surface area (Å²) in [6.07, 6.45) is 1.63. The second-order valence-corrected chi connectivity index (χ2v) is 4.97. The number of nitrogens with one attached hydrogen (secondary N) is 2. The molecule has 0 aliphatic carbocycles. The molecule has 3 aromatic rings. The van der Waals surface area contributed by atoms with E-state index in [0.717, 1.165) is 5.69 Å². The largest absolute Gasteiger partial charge is 0.496 e. The van der Waals surface area contributed by atoms with Crippen LogP contribution in [0.3, 0.4) is 0 Å². The first kappa shape index (κ1) is 15.5. The van der Waals surface area contributed by atoms with Crippen LogP contribution in [0.25, 0.3) is 5.69 Å². The number of aromatic nitrogens is 3. The number of hydrogen-bond acceptors (Lipinski definition) is 5. The molecule has 2 aromatic carbocycles. The molecule has 24 heavy (non-hydrogen) atoms. The molecular formula is C17H17N5O2. The fourth-order valence-corrected chi connectivity index (χ4v) is 2.25. The van der Waals surface area contributed by atoms with Crippen molar-refractivity contribution in [2.45, 2.75) is 0 Å². The fraction of sp³-hybridized carbons (Fsp3) is 0.118. The summed E-state index contributed by atoms with van der Waals surface area (Å²) < 4.78 is 6.88. The van der Waals surface area contributed by atoms with Crippen molar-refractivity contribution in [3.05, 3.63) is 60.4 Å². The minimum atomic E-state index is -0.224. The third kappa shape index (κ3) is 3.19. The van der Waals surface area contributed by atoms with Gasteiger partial charge < -0.3 is 15.4 Å². The average molecular weight is 323 g/mol. The first-order valence-electron chi connectivity index (χ1n) is 7.35. The quantitative estimate of drug-likeness (QED) is 0.753. The molecular weight excluding hydrogens is 306 g/mol. The predicted octanol–water partition coefficient (Wildman–Crippen LogP) is 2.38. The third-order valence-electron chi connectivity index (χ3n) is 3.44. The molecule has 0 bridgehead atoms. The van der Waals surface area contributed by atoms with E-state index in [1.165, 1.54) is 7.11 Å². The topological polar surface area (TPSA) is 81.1 Å². The highest BCUT2D eigenvalue weighted by Gasteiger charge is 2.12. The maximum atomic E-state index is 11.9. The second kappa shape index (κ2) is 6.82. The van der Waals surface area contributed by atoms with Gasteiger partial charge in [0, 0.05) is 12.7 Å². The molecule has 0 fully saturated rings. The first-order valence-corrected chi connectivity index (χ1v) is 7.35.